The van der Waals surface area contributed by atoms with Crippen LogP contribution in [-0.4, -0.2) is 15.9 Å². The lowest BCUT2D eigenvalue weighted by Crippen LogP contribution is -2.07. The van der Waals surface area contributed by atoms with Crippen LogP contribution < -0.4 is 4.74 Å². The van der Waals surface area contributed by atoms with Gasteiger partial charge in [-0.05, 0) is 30.0 Å². The summed E-state index contributed by atoms with van der Waals surface area (Å²) in [5, 5.41) is 1.87. The minimum atomic E-state index is -0.575. The maximum absolute atomic E-state index is 13.3. The van der Waals surface area contributed by atoms with Crippen LogP contribution in [0.5, 0.6) is 5.75 Å². The minimum Gasteiger partial charge on any atom is -0.425 e. The van der Waals surface area contributed by atoms with Crippen molar-refractivity contribution in [2.75, 3.05) is 0 Å². The van der Waals surface area contributed by atoms with Crippen LogP contribution >= 0.6 is 11.3 Å². The number of esters is 1. The van der Waals surface area contributed by atoms with Crippen LogP contribution in [0, 0.1) is 5.95 Å². The highest BCUT2D eigenvalue weighted by atomic mass is 32.1. The summed E-state index contributed by atoms with van der Waals surface area (Å²) in [5.74, 6) is -0.421. The SMILES string of the molecule is CCCC(=O)Oc1cc(-c2cccc(F)n2)nc2ccsc12. The molecule has 0 N–H and O–H groups in total. The molecular weight excluding hydrogens is 303 g/mol. The van der Waals surface area contributed by atoms with E-state index >= 15 is 0 Å². The van der Waals surface area contributed by atoms with E-state index in [1.165, 1.54) is 17.4 Å². The third-order valence-corrected chi connectivity index (χ3v) is 3.95. The van der Waals surface area contributed by atoms with Crippen molar-refractivity contribution in [3.63, 3.8) is 0 Å². The molecule has 0 saturated heterocycles. The molecule has 3 rings (SSSR count). The van der Waals surface area contributed by atoms with Crippen molar-refractivity contribution in [3.8, 4) is 17.1 Å². The van der Waals surface area contributed by atoms with Crippen LogP contribution in [-0.2, 0) is 4.79 Å². The summed E-state index contributed by atoms with van der Waals surface area (Å²) in [5.41, 5.74) is 1.58. The van der Waals surface area contributed by atoms with Gasteiger partial charge in [-0.1, -0.05) is 13.0 Å². The zero-order valence-corrected chi connectivity index (χ0v) is 12.7. The monoisotopic (exact) mass is 316 g/mol. The molecule has 112 valence electrons. The Morgan fingerprint density at radius 3 is 2.91 bits per heavy atom. The smallest absolute Gasteiger partial charge is 0.311 e. The van der Waals surface area contributed by atoms with Crippen LogP contribution in [0.4, 0.5) is 4.39 Å². The molecule has 0 saturated carbocycles. The van der Waals surface area contributed by atoms with Gasteiger partial charge in [-0.3, -0.25) is 4.79 Å². The van der Waals surface area contributed by atoms with Gasteiger partial charge in [0.15, 0.2) is 5.75 Å². The maximum Gasteiger partial charge on any atom is 0.311 e. The lowest BCUT2D eigenvalue weighted by molar-refractivity contribution is -0.134. The second-order valence-corrected chi connectivity index (χ2v) is 5.63. The summed E-state index contributed by atoms with van der Waals surface area (Å²) in [7, 11) is 0. The van der Waals surface area contributed by atoms with Gasteiger partial charge in [-0.15, -0.1) is 11.3 Å². The van der Waals surface area contributed by atoms with Crippen LogP contribution in [0.1, 0.15) is 19.8 Å². The summed E-state index contributed by atoms with van der Waals surface area (Å²) in [6, 6.07) is 7.98. The quantitative estimate of drug-likeness (QED) is 0.534. The molecule has 0 unspecified atom stereocenters. The molecule has 0 aliphatic carbocycles. The molecule has 0 fully saturated rings. The Bertz CT molecular complexity index is 832. The third kappa shape index (κ3) is 2.96. The summed E-state index contributed by atoms with van der Waals surface area (Å²) in [4.78, 5) is 20.0. The van der Waals surface area contributed by atoms with Crippen molar-refractivity contribution in [2.45, 2.75) is 19.8 Å². The van der Waals surface area contributed by atoms with Crippen molar-refractivity contribution in [3.05, 3.63) is 41.7 Å². The minimum absolute atomic E-state index is 0.290. The molecular formula is C16H13FN2O2S. The fourth-order valence-corrected chi connectivity index (χ4v) is 2.85. The van der Waals surface area contributed by atoms with Crippen molar-refractivity contribution < 1.29 is 13.9 Å². The molecule has 6 heteroatoms. The summed E-state index contributed by atoms with van der Waals surface area (Å²) >= 11 is 1.45. The molecule has 0 spiro atoms. The van der Waals surface area contributed by atoms with Gasteiger partial charge < -0.3 is 4.74 Å². The van der Waals surface area contributed by atoms with Crippen LogP contribution in [0.15, 0.2) is 35.7 Å². The topological polar surface area (TPSA) is 52.1 Å². The zero-order valence-electron chi connectivity index (χ0n) is 11.9. The Kier molecular flexibility index (Phi) is 4.11. The molecule has 0 atom stereocenters. The number of hydrogen-bond donors (Lipinski definition) is 0. The first-order valence-corrected chi connectivity index (χ1v) is 7.77. The number of ether oxygens (including phenoxy) is 1. The molecule has 0 aromatic carbocycles. The maximum atomic E-state index is 13.3. The van der Waals surface area contributed by atoms with E-state index in [-0.39, 0.29) is 5.97 Å². The third-order valence-electron chi connectivity index (χ3n) is 3.03. The van der Waals surface area contributed by atoms with Crippen LogP contribution in [0.3, 0.4) is 0 Å². The number of carbonyl (C=O) groups is 1. The van der Waals surface area contributed by atoms with E-state index in [9.17, 15) is 9.18 Å². The van der Waals surface area contributed by atoms with Gasteiger partial charge in [0.1, 0.15) is 0 Å². The second kappa shape index (κ2) is 6.19. The fraction of sp³-hybridized carbons (Fsp3) is 0.188. The average molecular weight is 316 g/mol. The zero-order chi connectivity index (χ0) is 15.5. The second-order valence-electron chi connectivity index (χ2n) is 4.71. The number of fused-ring (bicyclic) bond motifs is 1. The van der Waals surface area contributed by atoms with Gasteiger partial charge in [0.25, 0.3) is 0 Å². The molecule has 3 aromatic rings. The Labute approximate surface area is 130 Å². The highest BCUT2D eigenvalue weighted by Gasteiger charge is 2.14. The van der Waals surface area contributed by atoms with Crippen LogP contribution in [0.2, 0.25) is 0 Å². The summed E-state index contributed by atoms with van der Waals surface area (Å²) < 4.78 is 19.5. The normalized spacial score (nSPS) is 10.8. The highest BCUT2D eigenvalue weighted by Crippen LogP contribution is 2.33. The van der Waals surface area contributed by atoms with E-state index in [1.54, 1.807) is 18.2 Å². The largest absolute Gasteiger partial charge is 0.425 e. The molecule has 3 heterocycles. The average Bonchev–Trinajstić information content (AvgIpc) is 2.96. The first-order chi connectivity index (χ1) is 10.7. The number of carbonyl (C=O) groups excluding carboxylic acids is 1. The lowest BCUT2D eigenvalue weighted by Gasteiger charge is -2.07. The van der Waals surface area contributed by atoms with Gasteiger partial charge in [-0.2, -0.15) is 4.39 Å². The van der Waals surface area contributed by atoms with Crippen molar-refractivity contribution in [1.29, 1.82) is 0 Å². The van der Waals surface area contributed by atoms with E-state index in [0.29, 0.717) is 29.1 Å². The first kappa shape index (κ1) is 14.6. The Hall–Kier alpha value is -2.34. The number of hydrogen-bond acceptors (Lipinski definition) is 5. The van der Waals surface area contributed by atoms with Gasteiger partial charge >= 0.3 is 5.97 Å². The molecule has 4 nitrogen and oxygen atoms in total. The van der Waals surface area contributed by atoms with Gasteiger partial charge in [0.2, 0.25) is 5.95 Å². The van der Waals surface area contributed by atoms with E-state index < -0.39 is 5.95 Å². The highest BCUT2D eigenvalue weighted by molar-refractivity contribution is 7.17. The lowest BCUT2D eigenvalue weighted by atomic mass is 10.2. The Morgan fingerprint density at radius 1 is 1.27 bits per heavy atom. The summed E-state index contributed by atoms with van der Waals surface area (Å²) in [6.07, 6.45) is 1.07. The summed E-state index contributed by atoms with van der Waals surface area (Å²) in [6.45, 7) is 1.91. The molecule has 0 amide bonds. The number of pyridine rings is 2. The number of aromatic nitrogens is 2. The van der Waals surface area contributed by atoms with Crippen LogP contribution in [0.25, 0.3) is 21.6 Å². The van der Waals surface area contributed by atoms with Crippen molar-refractivity contribution >= 4 is 27.5 Å². The van der Waals surface area contributed by atoms with Gasteiger partial charge in [0, 0.05) is 12.5 Å². The van der Waals surface area contributed by atoms with E-state index in [0.717, 1.165) is 11.1 Å². The Balaban J connectivity index is 2.07. The Morgan fingerprint density at radius 2 is 2.14 bits per heavy atom. The molecule has 22 heavy (non-hydrogen) atoms. The fourth-order valence-electron chi connectivity index (χ4n) is 2.06. The first-order valence-electron chi connectivity index (χ1n) is 6.89. The molecule has 0 aliphatic rings. The van der Waals surface area contributed by atoms with Gasteiger partial charge in [0.05, 0.1) is 21.6 Å². The van der Waals surface area contributed by atoms with E-state index in [4.69, 9.17) is 4.74 Å². The number of nitrogens with zero attached hydrogens (tertiary/aromatic N) is 2. The predicted octanol–water partition coefficient (Wildman–Crippen LogP) is 4.20. The van der Waals surface area contributed by atoms with Gasteiger partial charge in [-0.25, -0.2) is 9.97 Å². The van der Waals surface area contributed by atoms with Crippen molar-refractivity contribution in [1.82, 2.24) is 9.97 Å². The number of rotatable bonds is 4. The number of thiophene rings is 1. The predicted molar refractivity (Wildman–Crippen MR) is 83.4 cm³/mol. The van der Waals surface area contributed by atoms with E-state index in [1.807, 2.05) is 18.4 Å². The van der Waals surface area contributed by atoms with Crippen molar-refractivity contribution in [2.24, 2.45) is 0 Å². The standard InChI is InChI=1S/C16H13FN2O2S/c1-2-4-15(20)21-13-9-12(10-5-3-6-14(17)19-10)18-11-7-8-22-16(11)13/h3,5-9H,2,4H2,1H3. The molecule has 0 bridgehead atoms. The molecule has 0 aliphatic heterocycles. The van der Waals surface area contributed by atoms with E-state index in [2.05, 4.69) is 9.97 Å². The molecule has 3 aromatic heterocycles. The molecule has 0 radical (unpaired) electrons. The number of halogens is 1.